The maximum Gasteiger partial charge on any atom is 0.326 e. The highest BCUT2D eigenvalue weighted by molar-refractivity contribution is 7.99. The van der Waals surface area contributed by atoms with Crippen LogP contribution in [-0.4, -0.2) is 40.9 Å². The summed E-state index contributed by atoms with van der Waals surface area (Å²) in [5, 5.41) is 4.33. The normalized spacial score (nSPS) is 25.0. The molecule has 2 rings (SSSR count). The summed E-state index contributed by atoms with van der Waals surface area (Å²) in [6.45, 7) is 2.82. The first-order chi connectivity index (χ1) is 10.2. The summed E-state index contributed by atoms with van der Waals surface area (Å²) in [5.41, 5.74) is -0.494. The molecule has 1 N–H and O–H groups in total. The summed E-state index contributed by atoms with van der Waals surface area (Å²) >= 11 is 1.69. The Morgan fingerprint density at radius 1 is 1.57 bits per heavy atom. The van der Waals surface area contributed by atoms with Gasteiger partial charge in [0, 0.05) is 12.4 Å². The lowest BCUT2D eigenvalue weighted by atomic mass is 9.85. The summed E-state index contributed by atoms with van der Waals surface area (Å²) < 4.78 is 5.05. The van der Waals surface area contributed by atoms with E-state index >= 15 is 0 Å². The summed E-state index contributed by atoms with van der Waals surface area (Å²) in [6.07, 6.45) is 9.14. The van der Waals surface area contributed by atoms with Crippen LogP contribution in [-0.2, 0) is 9.53 Å². The molecule has 0 aromatic carbocycles. The quantitative estimate of drug-likeness (QED) is 0.616. The number of esters is 1. The number of rotatable bonds is 7. The molecule has 1 aliphatic rings. The Morgan fingerprint density at radius 2 is 2.43 bits per heavy atom. The van der Waals surface area contributed by atoms with Gasteiger partial charge < -0.3 is 10.1 Å². The highest BCUT2D eigenvalue weighted by Crippen LogP contribution is 2.39. The predicted octanol–water partition coefficient (Wildman–Crippen LogP) is 2.28. The average Bonchev–Trinajstić information content (AvgIpc) is 2.92. The van der Waals surface area contributed by atoms with Crippen molar-refractivity contribution in [2.45, 2.75) is 43.2 Å². The first-order valence-corrected chi connectivity index (χ1v) is 8.43. The number of likely N-dealkylation sites (N-methyl/N-ethyl adjacent to an activating group) is 1. The molecule has 21 heavy (non-hydrogen) atoms. The van der Waals surface area contributed by atoms with Gasteiger partial charge in [0.05, 0.1) is 13.3 Å². The molecule has 0 spiro atoms. The third-order valence-electron chi connectivity index (χ3n) is 4.12. The summed E-state index contributed by atoms with van der Waals surface area (Å²) in [4.78, 5) is 20.6. The maximum atomic E-state index is 12.3. The highest BCUT2D eigenvalue weighted by atomic mass is 32.2. The lowest BCUT2D eigenvalue weighted by Gasteiger charge is -2.33. The minimum atomic E-state index is -0.494. The molecule has 1 aromatic rings. The lowest BCUT2D eigenvalue weighted by molar-refractivity contribution is -0.150. The Bertz CT molecular complexity index is 457. The third-order valence-corrected chi connectivity index (χ3v) is 5.06. The molecule has 0 amide bonds. The molecule has 0 radical (unpaired) electrons. The van der Waals surface area contributed by atoms with Crippen molar-refractivity contribution < 1.29 is 9.53 Å². The lowest BCUT2D eigenvalue weighted by Crippen LogP contribution is -2.55. The van der Waals surface area contributed by atoms with Crippen LogP contribution in [0.25, 0.3) is 0 Å². The fraction of sp³-hybridized carbons (Fsp3) is 0.667. The number of ether oxygens (including phenoxy) is 1. The van der Waals surface area contributed by atoms with Crippen molar-refractivity contribution in [2.75, 3.05) is 19.4 Å². The van der Waals surface area contributed by atoms with Crippen molar-refractivity contribution in [1.82, 2.24) is 15.3 Å². The zero-order valence-corrected chi connectivity index (χ0v) is 13.5. The van der Waals surface area contributed by atoms with Gasteiger partial charge in [-0.15, -0.1) is 11.8 Å². The van der Waals surface area contributed by atoms with E-state index < -0.39 is 5.54 Å². The van der Waals surface area contributed by atoms with Crippen molar-refractivity contribution in [1.29, 1.82) is 0 Å². The molecule has 1 fully saturated rings. The van der Waals surface area contributed by atoms with E-state index in [1.807, 2.05) is 6.92 Å². The predicted molar refractivity (Wildman–Crippen MR) is 83.1 cm³/mol. The number of carbonyl (C=O) groups is 1. The van der Waals surface area contributed by atoms with Crippen molar-refractivity contribution in [3.63, 3.8) is 0 Å². The number of methoxy groups -OCH3 is 1. The number of hydrogen-bond donors (Lipinski definition) is 1. The van der Waals surface area contributed by atoms with Crippen LogP contribution in [0.1, 0.15) is 32.6 Å². The minimum Gasteiger partial charge on any atom is -0.468 e. The first kappa shape index (κ1) is 16.2. The Morgan fingerprint density at radius 3 is 3.10 bits per heavy atom. The first-order valence-electron chi connectivity index (χ1n) is 7.45. The van der Waals surface area contributed by atoms with E-state index in [1.54, 1.807) is 30.4 Å². The standard InChI is InChI=1S/C15H23N3O2S/c1-3-18-15(14(19)20-2)7-4-5-12(15)6-10-21-13-11-16-8-9-17-13/h8-9,11-12,18H,3-7,10H2,1-2H3. The Balaban J connectivity index is 1.95. The molecule has 0 saturated heterocycles. The summed E-state index contributed by atoms with van der Waals surface area (Å²) in [6, 6.07) is 0. The average molecular weight is 309 g/mol. The van der Waals surface area contributed by atoms with Crippen molar-refractivity contribution in [3.8, 4) is 0 Å². The Labute approximate surface area is 130 Å². The van der Waals surface area contributed by atoms with Gasteiger partial charge in [-0.1, -0.05) is 13.3 Å². The van der Waals surface area contributed by atoms with Gasteiger partial charge in [0.15, 0.2) is 0 Å². The largest absolute Gasteiger partial charge is 0.468 e. The molecular weight excluding hydrogens is 286 g/mol. The fourth-order valence-corrected chi connectivity index (χ4v) is 4.09. The van der Waals surface area contributed by atoms with Gasteiger partial charge in [0.25, 0.3) is 0 Å². The molecule has 5 nitrogen and oxygen atoms in total. The van der Waals surface area contributed by atoms with Crippen molar-refractivity contribution >= 4 is 17.7 Å². The van der Waals surface area contributed by atoms with E-state index in [4.69, 9.17) is 4.74 Å². The van der Waals surface area contributed by atoms with Gasteiger partial charge in [-0.3, -0.25) is 9.78 Å². The maximum absolute atomic E-state index is 12.3. The van der Waals surface area contributed by atoms with E-state index in [-0.39, 0.29) is 5.97 Å². The highest BCUT2D eigenvalue weighted by Gasteiger charge is 2.48. The molecular formula is C15H23N3O2S. The molecule has 116 valence electrons. The summed E-state index contributed by atoms with van der Waals surface area (Å²) in [5.74, 6) is 1.15. The topological polar surface area (TPSA) is 64.1 Å². The molecule has 2 unspecified atom stereocenters. The van der Waals surface area contributed by atoms with Gasteiger partial charge in [0.1, 0.15) is 10.6 Å². The molecule has 2 atom stereocenters. The SMILES string of the molecule is CCNC1(C(=O)OC)CCCC1CCSc1cnccn1. The summed E-state index contributed by atoms with van der Waals surface area (Å²) in [7, 11) is 1.48. The number of hydrogen-bond acceptors (Lipinski definition) is 6. The molecule has 1 aliphatic carbocycles. The number of carbonyl (C=O) groups excluding carboxylic acids is 1. The molecule has 1 saturated carbocycles. The monoisotopic (exact) mass is 309 g/mol. The van der Waals surface area contributed by atoms with Crippen LogP contribution in [0, 0.1) is 5.92 Å². The van der Waals surface area contributed by atoms with Crippen molar-refractivity contribution in [2.24, 2.45) is 5.92 Å². The Kier molecular flexibility index (Phi) is 5.99. The van der Waals surface area contributed by atoms with Crippen LogP contribution in [0.5, 0.6) is 0 Å². The zero-order chi connectivity index (χ0) is 15.1. The van der Waals surface area contributed by atoms with Crippen molar-refractivity contribution in [3.05, 3.63) is 18.6 Å². The second-order valence-corrected chi connectivity index (χ2v) is 6.38. The van der Waals surface area contributed by atoms with Gasteiger partial charge in [-0.2, -0.15) is 0 Å². The number of aromatic nitrogens is 2. The van der Waals surface area contributed by atoms with E-state index in [1.165, 1.54) is 7.11 Å². The zero-order valence-electron chi connectivity index (χ0n) is 12.7. The Hall–Kier alpha value is -1.14. The number of nitrogens with zero attached hydrogens (tertiary/aromatic N) is 2. The molecule has 1 heterocycles. The second kappa shape index (κ2) is 7.75. The van der Waals surface area contributed by atoms with Gasteiger partial charge in [0.2, 0.25) is 0 Å². The van der Waals surface area contributed by atoms with E-state index in [0.717, 1.165) is 43.0 Å². The smallest absolute Gasteiger partial charge is 0.326 e. The van der Waals surface area contributed by atoms with Crippen LogP contribution in [0.2, 0.25) is 0 Å². The van der Waals surface area contributed by atoms with Gasteiger partial charge >= 0.3 is 5.97 Å². The van der Waals surface area contributed by atoms with E-state index in [2.05, 4.69) is 15.3 Å². The second-order valence-electron chi connectivity index (χ2n) is 5.26. The van der Waals surface area contributed by atoms with Gasteiger partial charge in [-0.05, 0) is 37.5 Å². The fourth-order valence-electron chi connectivity index (χ4n) is 3.21. The van der Waals surface area contributed by atoms with Crippen LogP contribution in [0.3, 0.4) is 0 Å². The van der Waals surface area contributed by atoms with Crippen LogP contribution >= 0.6 is 11.8 Å². The van der Waals surface area contributed by atoms with Gasteiger partial charge in [-0.25, -0.2) is 4.98 Å². The van der Waals surface area contributed by atoms with E-state index in [9.17, 15) is 4.79 Å². The van der Waals surface area contributed by atoms with Crippen LogP contribution in [0.15, 0.2) is 23.6 Å². The number of nitrogens with one attached hydrogen (secondary N) is 1. The minimum absolute atomic E-state index is 0.114. The molecule has 6 heteroatoms. The van der Waals surface area contributed by atoms with Crippen LogP contribution < -0.4 is 5.32 Å². The molecule has 0 aliphatic heterocycles. The van der Waals surface area contributed by atoms with Crippen LogP contribution in [0.4, 0.5) is 0 Å². The molecule has 1 aromatic heterocycles. The molecule has 0 bridgehead atoms. The van der Waals surface area contributed by atoms with E-state index in [0.29, 0.717) is 5.92 Å². The number of thioether (sulfide) groups is 1. The third kappa shape index (κ3) is 3.74.